The van der Waals surface area contributed by atoms with E-state index in [0.717, 1.165) is 46.8 Å². The molecule has 5 heteroatoms. The Morgan fingerprint density at radius 3 is 2.53 bits per heavy atom. The Hall–Kier alpha value is -2.92. The maximum Gasteiger partial charge on any atom is 0.262 e. The highest BCUT2D eigenvalue weighted by molar-refractivity contribution is 6.04. The van der Waals surface area contributed by atoms with Gasteiger partial charge in [-0.2, -0.15) is 5.10 Å². The summed E-state index contributed by atoms with van der Waals surface area (Å²) < 4.78 is 3.91. The summed E-state index contributed by atoms with van der Waals surface area (Å²) in [6.45, 7) is 3.89. The molecule has 1 aliphatic carbocycles. The van der Waals surface area contributed by atoms with Gasteiger partial charge in [0, 0.05) is 17.6 Å². The van der Waals surface area contributed by atoms with Crippen LogP contribution < -0.4 is 11.3 Å². The van der Waals surface area contributed by atoms with E-state index < -0.39 is 0 Å². The van der Waals surface area contributed by atoms with Crippen molar-refractivity contribution in [1.29, 1.82) is 0 Å². The molecule has 0 saturated heterocycles. The smallest absolute Gasteiger partial charge is 0.262 e. The van der Waals surface area contributed by atoms with Crippen LogP contribution in [0.1, 0.15) is 41.6 Å². The molecule has 2 N–H and O–H groups in total. The maximum absolute atomic E-state index is 13.6. The van der Waals surface area contributed by atoms with Crippen LogP contribution in [0.15, 0.2) is 47.3 Å². The van der Waals surface area contributed by atoms with Gasteiger partial charge in [-0.05, 0) is 74.4 Å². The number of nitrogens with two attached hydrogens (primary N) is 1. The van der Waals surface area contributed by atoms with Gasteiger partial charge in [-0.1, -0.05) is 30.3 Å². The topological polar surface area (TPSA) is 65.8 Å². The predicted octanol–water partition coefficient (Wildman–Crippen LogP) is 3.94. The number of nitrogens with zero attached hydrogens (tertiary/aromatic N) is 3. The zero-order valence-corrected chi connectivity index (χ0v) is 17.5. The van der Waals surface area contributed by atoms with Crippen molar-refractivity contribution in [3.8, 4) is 0 Å². The molecule has 5 rings (SSSR count). The van der Waals surface area contributed by atoms with Gasteiger partial charge in [-0.15, -0.1) is 0 Å². The number of aromatic nitrogens is 3. The number of pyridine rings is 1. The second-order valence-corrected chi connectivity index (χ2v) is 8.40. The number of aryl methyl sites for hydroxylation is 4. The number of rotatable bonds is 5. The zero-order valence-electron chi connectivity index (χ0n) is 17.5. The minimum absolute atomic E-state index is 0.0542. The summed E-state index contributed by atoms with van der Waals surface area (Å²) in [5.41, 5.74) is 12.6. The maximum atomic E-state index is 13.6. The normalized spacial score (nSPS) is 13.8. The second-order valence-electron chi connectivity index (χ2n) is 8.40. The molecule has 0 amide bonds. The van der Waals surface area contributed by atoms with E-state index in [4.69, 9.17) is 10.8 Å². The molecule has 4 aromatic rings. The van der Waals surface area contributed by atoms with E-state index in [-0.39, 0.29) is 5.56 Å². The summed E-state index contributed by atoms with van der Waals surface area (Å²) in [5.74, 6) is 0. The summed E-state index contributed by atoms with van der Waals surface area (Å²) >= 11 is 0. The van der Waals surface area contributed by atoms with Gasteiger partial charge < -0.3 is 10.3 Å². The average Bonchev–Trinajstić information content (AvgIpc) is 3.10. The Kier molecular flexibility index (Phi) is 4.91. The van der Waals surface area contributed by atoms with E-state index >= 15 is 0 Å². The van der Waals surface area contributed by atoms with Crippen LogP contribution in [0.5, 0.6) is 0 Å². The molecule has 0 saturated carbocycles. The van der Waals surface area contributed by atoms with Crippen molar-refractivity contribution in [2.45, 2.75) is 52.1 Å². The molecule has 0 radical (unpaired) electrons. The number of hydrogen-bond donors (Lipinski definition) is 1. The quantitative estimate of drug-likeness (QED) is 0.552. The van der Waals surface area contributed by atoms with Crippen LogP contribution in [0.25, 0.3) is 21.8 Å². The highest BCUT2D eigenvalue weighted by Crippen LogP contribution is 2.31. The molecule has 30 heavy (non-hydrogen) atoms. The van der Waals surface area contributed by atoms with E-state index in [0.29, 0.717) is 19.6 Å². The molecule has 1 aliphatic rings. The Morgan fingerprint density at radius 1 is 1.07 bits per heavy atom. The number of hydrogen-bond acceptors (Lipinski definition) is 3. The third kappa shape index (κ3) is 3.14. The summed E-state index contributed by atoms with van der Waals surface area (Å²) in [6.07, 6.45) is 5.44. The van der Waals surface area contributed by atoms with E-state index in [1.54, 1.807) is 0 Å². The number of benzene rings is 2. The minimum atomic E-state index is 0.0542. The third-order valence-electron chi connectivity index (χ3n) is 6.43. The molecule has 0 unspecified atom stereocenters. The van der Waals surface area contributed by atoms with Crippen molar-refractivity contribution in [3.63, 3.8) is 0 Å². The first kappa shape index (κ1) is 19.1. The van der Waals surface area contributed by atoms with Crippen LogP contribution in [0.2, 0.25) is 0 Å². The Labute approximate surface area is 176 Å². The molecule has 2 heterocycles. The van der Waals surface area contributed by atoms with Gasteiger partial charge >= 0.3 is 0 Å². The second kappa shape index (κ2) is 7.73. The van der Waals surface area contributed by atoms with E-state index in [1.807, 2.05) is 34.4 Å². The molecule has 0 bridgehead atoms. The van der Waals surface area contributed by atoms with Crippen LogP contribution >= 0.6 is 0 Å². The fourth-order valence-electron chi connectivity index (χ4n) is 4.80. The standard InChI is InChI=1S/C25H28N4O/c1-17-23-24(27-29(17)16-18-8-3-2-4-9-18)21-14-19-10-5-6-11-20(19)15-22(21)28(25(23)30)13-7-12-26/h2-4,8-9,14-15H,5-7,10-13,16,26H2,1H3. The van der Waals surface area contributed by atoms with E-state index in [9.17, 15) is 4.79 Å². The molecule has 0 fully saturated rings. The highest BCUT2D eigenvalue weighted by Gasteiger charge is 2.20. The highest BCUT2D eigenvalue weighted by atomic mass is 16.1. The molecule has 154 valence electrons. The summed E-state index contributed by atoms with van der Waals surface area (Å²) in [5, 5.41) is 6.78. The van der Waals surface area contributed by atoms with Gasteiger partial charge in [-0.25, -0.2) is 0 Å². The predicted molar refractivity (Wildman–Crippen MR) is 122 cm³/mol. The molecule has 5 nitrogen and oxygen atoms in total. The first-order valence-electron chi connectivity index (χ1n) is 11.0. The Morgan fingerprint density at radius 2 is 1.80 bits per heavy atom. The lowest BCUT2D eigenvalue weighted by Gasteiger charge is -2.19. The van der Waals surface area contributed by atoms with Crippen molar-refractivity contribution in [1.82, 2.24) is 14.3 Å². The molecule has 2 aromatic heterocycles. The average molecular weight is 401 g/mol. The van der Waals surface area contributed by atoms with Crippen LogP contribution in [0.3, 0.4) is 0 Å². The van der Waals surface area contributed by atoms with Gasteiger partial charge in [0.15, 0.2) is 0 Å². The van der Waals surface area contributed by atoms with E-state index in [1.165, 1.54) is 29.5 Å². The molecule has 0 aliphatic heterocycles. The van der Waals surface area contributed by atoms with Crippen LogP contribution in [0.4, 0.5) is 0 Å². The van der Waals surface area contributed by atoms with Crippen molar-refractivity contribution in [2.24, 2.45) is 5.73 Å². The Balaban J connectivity index is 1.78. The molecule has 0 spiro atoms. The summed E-state index contributed by atoms with van der Waals surface area (Å²) in [4.78, 5) is 13.6. The monoisotopic (exact) mass is 400 g/mol. The van der Waals surface area contributed by atoms with Gasteiger partial charge in [0.2, 0.25) is 0 Å². The molecular formula is C25H28N4O. The SMILES string of the molecule is Cc1c2c(=O)n(CCCN)c3cc4c(cc3c2nn1Cc1ccccc1)CCCC4. The largest absolute Gasteiger partial charge is 0.330 e. The first-order chi connectivity index (χ1) is 14.7. The minimum Gasteiger partial charge on any atom is -0.330 e. The van der Waals surface area contributed by atoms with Gasteiger partial charge in [0.1, 0.15) is 5.52 Å². The lowest BCUT2D eigenvalue weighted by molar-refractivity contribution is 0.650. The van der Waals surface area contributed by atoms with Crippen molar-refractivity contribution < 1.29 is 0 Å². The molecule has 2 aromatic carbocycles. The first-order valence-corrected chi connectivity index (χ1v) is 11.0. The van der Waals surface area contributed by atoms with E-state index in [2.05, 4.69) is 24.3 Å². The Bertz CT molecular complexity index is 1280. The van der Waals surface area contributed by atoms with Crippen LogP contribution in [-0.2, 0) is 25.9 Å². The van der Waals surface area contributed by atoms with Crippen molar-refractivity contribution in [2.75, 3.05) is 6.54 Å². The fraction of sp³-hybridized carbons (Fsp3) is 0.360. The summed E-state index contributed by atoms with van der Waals surface area (Å²) in [6, 6.07) is 14.8. The van der Waals surface area contributed by atoms with Gasteiger partial charge in [0.05, 0.1) is 17.4 Å². The van der Waals surface area contributed by atoms with Gasteiger partial charge in [0.25, 0.3) is 5.56 Å². The van der Waals surface area contributed by atoms with Crippen molar-refractivity contribution >= 4 is 21.8 Å². The lowest BCUT2D eigenvalue weighted by atomic mass is 9.90. The van der Waals surface area contributed by atoms with Crippen molar-refractivity contribution in [3.05, 3.63) is 75.2 Å². The summed E-state index contributed by atoms with van der Waals surface area (Å²) in [7, 11) is 0. The van der Waals surface area contributed by atoms with Crippen LogP contribution in [0, 0.1) is 6.92 Å². The number of fused-ring (bicyclic) bond motifs is 4. The van der Waals surface area contributed by atoms with Gasteiger partial charge in [-0.3, -0.25) is 9.48 Å². The molecular weight excluding hydrogens is 372 g/mol. The zero-order chi connectivity index (χ0) is 20.7. The van der Waals surface area contributed by atoms with Crippen LogP contribution in [-0.4, -0.2) is 20.9 Å². The molecule has 0 atom stereocenters. The lowest BCUT2D eigenvalue weighted by Crippen LogP contribution is -2.23. The fourth-order valence-corrected chi connectivity index (χ4v) is 4.80. The third-order valence-corrected chi connectivity index (χ3v) is 6.43.